The molecular weight excluding hydrogens is 548 g/mol. The van der Waals surface area contributed by atoms with Gasteiger partial charge in [-0.15, -0.1) is 0 Å². The van der Waals surface area contributed by atoms with Gasteiger partial charge in [-0.2, -0.15) is 11.8 Å². The third kappa shape index (κ3) is 6.70. The van der Waals surface area contributed by atoms with Crippen molar-refractivity contribution in [2.75, 3.05) is 39.3 Å². The Bertz CT molecular complexity index is 926. The number of ketones is 1. The zero-order valence-corrected chi connectivity index (χ0v) is 21.1. The van der Waals surface area contributed by atoms with Gasteiger partial charge >= 0.3 is 0 Å². The summed E-state index contributed by atoms with van der Waals surface area (Å²) in [4.78, 5) is 13.1. The van der Waals surface area contributed by atoms with Gasteiger partial charge in [-0.1, -0.05) is 12.1 Å². The number of carbonyl (C=O) groups is 1. The molecule has 5 nitrogen and oxygen atoms in total. The number of hydrogen-bond donors (Lipinski definition) is 0. The monoisotopic (exact) mass is 568 g/mol. The first-order chi connectivity index (χ1) is 15.0. The predicted molar refractivity (Wildman–Crippen MR) is 132 cm³/mol. The van der Waals surface area contributed by atoms with Crippen molar-refractivity contribution in [3.63, 3.8) is 0 Å². The Morgan fingerprint density at radius 2 is 1.29 bits per heavy atom. The van der Waals surface area contributed by atoms with Crippen molar-refractivity contribution in [2.45, 2.75) is 0 Å². The third-order valence-electron chi connectivity index (χ3n) is 4.36. The van der Waals surface area contributed by atoms with Crippen LogP contribution in [0.4, 0.5) is 0 Å². The van der Waals surface area contributed by atoms with E-state index in [0.717, 1.165) is 31.2 Å². The number of halogens is 2. The quantitative estimate of drug-likeness (QED) is 0.289. The lowest BCUT2D eigenvalue weighted by molar-refractivity contribution is -0.112. The summed E-state index contributed by atoms with van der Waals surface area (Å²) in [5.74, 6) is 2.83. The number of hydrogen-bond acceptors (Lipinski definition) is 6. The molecule has 31 heavy (non-hydrogen) atoms. The molecule has 0 atom stereocenters. The van der Waals surface area contributed by atoms with Gasteiger partial charge in [-0.05, 0) is 79.4 Å². The average molecular weight is 570 g/mol. The SMILES string of the molecule is COCOc1ccc(/C=C2\CSC/C(=C\c3ccc(OCOC)c(Br)c3)C2=O)cc1Br. The molecule has 164 valence electrons. The van der Waals surface area contributed by atoms with Gasteiger partial charge in [0.15, 0.2) is 19.4 Å². The summed E-state index contributed by atoms with van der Waals surface area (Å²) in [6.45, 7) is 0.357. The smallest absolute Gasteiger partial charge is 0.188 e. The molecule has 0 aliphatic carbocycles. The molecule has 1 aliphatic rings. The van der Waals surface area contributed by atoms with Crippen LogP contribution in [0.15, 0.2) is 56.5 Å². The van der Waals surface area contributed by atoms with Crippen molar-refractivity contribution >= 4 is 61.6 Å². The number of carbonyl (C=O) groups excluding carboxylic acids is 1. The van der Waals surface area contributed by atoms with E-state index in [0.29, 0.717) is 23.0 Å². The van der Waals surface area contributed by atoms with Gasteiger partial charge in [-0.25, -0.2) is 0 Å². The van der Waals surface area contributed by atoms with Crippen molar-refractivity contribution < 1.29 is 23.7 Å². The summed E-state index contributed by atoms with van der Waals surface area (Å²) < 4.78 is 22.5. The summed E-state index contributed by atoms with van der Waals surface area (Å²) in [5, 5.41) is 0. The minimum Gasteiger partial charge on any atom is -0.466 e. The van der Waals surface area contributed by atoms with E-state index in [1.165, 1.54) is 0 Å². The molecule has 1 fully saturated rings. The molecule has 0 N–H and O–H groups in total. The average Bonchev–Trinajstić information content (AvgIpc) is 2.75. The van der Waals surface area contributed by atoms with E-state index in [4.69, 9.17) is 18.9 Å². The van der Waals surface area contributed by atoms with Crippen LogP contribution in [0.2, 0.25) is 0 Å². The molecule has 0 spiro atoms. The van der Waals surface area contributed by atoms with E-state index in [1.54, 1.807) is 26.0 Å². The Hall–Kier alpha value is -1.58. The van der Waals surface area contributed by atoms with Crippen LogP contribution in [-0.2, 0) is 14.3 Å². The molecule has 1 aliphatic heterocycles. The van der Waals surface area contributed by atoms with Crippen molar-refractivity contribution in [2.24, 2.45) is 0 Å². The lowest BCUT2D eigenvalue weighted by atomic mass is 10.0. The molecule has 0 saturated carbocycles. The highest BCUT2D eigenvalue weighted by Gasteiger charge is 2.21. The van der Waals surface area contributed by atoms with Crippen LogP contribution < -0.4 is 9.47 Å². The van der Waals surface area contributed by atoms with E-state index < -0.39 is 0 Å². The van der Waals surface area contributed by atoms with Crippen LogP contribution in [-0.4, -0.2) is 45.1 Å². The van der Waals surface area contributed by atoms with Gasteiger partial charge in [0, 0.05) is 36.9 Å². The van der Waals surface area contributed by atoms with Crippen LogP contribution in [0.1, 0.15) is 11.1 Å². The van der Waals surface area contributed by atoms with Crippen molar-refractivity contribution in [3.05, 3.63) is 67.6 Å². The molecule has 3 rings (SSSR count). The Labute approximate surface area is 203 Å². The minimum atomic E-state index is 0.0745. The first-order valence-electron chi connectivity index (χ1n) is 9.38. The Morgan fingerprint density at radius 1 is 0.839 bits per heavy atom. The molecule has 0 radical (unpaired) electrons. The summed E-state index contributed by atoms with van der Waals surface area (Å²) in [5.41, 5.74) is 3.42. The highest BCUT2D eigenvalue weighted by Crippen LogP contribution is 2.31. The van der Waals surface area contributed by atoms with Crippen LogP contribution in [0, 0.1) is 0 Å². The van der Waals surface area contributed by atoms with Crippen LogP contribution in [0.5, 0.6) is 11.5 Å². The molecule has 0 unspecified atom stereocenters. The Morgan fingerprint density at radius 3 is 1.68 bits per heavy atom. The lowest BCUT2D eigenvalue weighted by Gasteiger charge is -2.17. The maximum atomic E-state index is 13.1. The Kier molecular flexibility index (Phi) is 9.22. The van der Waals surface area contributed by atoms with Crippen LogP contribution in [0.3, 0.4) is 0 Å². The molecule has 0 amide bonds. The van der Waals surface area contributed by atoms with Gasteiger partial charge in [0.25, 0.3) is 0 Å². The highest BCUT2D eigenvalue weighted by atomic mass is 79.9. The second kappa shape index (κ2) is 11.9. The minimum absolute atomic E-state index is 0.0745. The fourth-order valence-electron chi connectivity index (χ4n) is 2.92. The molecular formula is C23H22Br2O5S. The number of thioether (sulfide) groups is 1. The Balaban J connectivity index is 1.78. The highest BCUT2D eigenvalue weighted by molar-refractivity contribution is 9.10. The molecule has 0 bridgehead atoms. The number of rotatable bonds is 8. The number of ether oxygens (including phenoxy) is 4. The van der Waals surface area contributed by atoms with E-state index >= 15 is 0 Å². The maximum absolute atomic E-state index is 13.1. The van der Waals surface area contributed by atoms with Crippen molar-refractivity contribution in [1.82, 2.24) is 0 Å². The van der Waals surface area contributed by atoms with Gasteiger partial charge < -0.3 is 18.9 Å². The topological polar surface area (TPSA) is 54.0 Å². The molecule has 0 aromatic heterocycles. The molecule has 8 heteroatoms. The van der Waals surface area contributed by atoms with Gasteiger partial charge in [0.2, 0.25) is 0 Å². The van der Waals surface area contributed by atoms with E-state index in [9.17, 15) is 4.79 Å². The second-order valence-electron chi connectivity index (χ2n) is 6.64. The van der Waals surface area contributed by atoms with E-state index in [2.05, 4.69) is 31.9 Å². The fraction of sp³-hybridized carbons (Fsp3) is 0.261. The lowest BCUT2D eigenvalue weighted by Crippen LogP contribution is -2.16. The zero-order valence-electron chi connectivity index (χ0n) is 17.2. The largest absolute Gasteiger partial charge is 0.466 e. The van der Waals surface area contributed by atoms with E-state index in [-0.39, 0.29) is 19.4 Å². The fourth-order valence-corrected chi connectivity index (χ4v) is 4.91. The van der Waals surface area contributed by atoms with Crippen molar-refractivity contribution in [3.8, 4) is 11.5 Å². The van der Waals surface area contributed by atoms with Gasteiger partial charge in [0.1, 0.15) is 11.5 Å². The molecule has 1 saturated heterocycles. The normalized spacial score (nSPS) is 16.7. The number of Topliss-reactive ketones (excluding diaryl/α,β-unsaturated/α-hetero) is 1. The van der Waals surface area contributed by atoms with Crippen LogP contribution in [0.25, 0.3) is 12.2 Å². The van der Waals surface area contributed by atoms with Gasteiger partial charge in [0.05, 0.1) is 8.95 Å². The number of methoxy groups -OCH3 is 2. The molecule has 2 aromatic rings. The van der Waals surface area contributed by atoms with Crippen molar-refractivity contribution in [1.29, 1.82) is 0 Å². The van der Waals surface area contributed by atoms with Gasteiger partial charge in [-0.3, -0.25) is 4.79 Å². The first kappa shape index (κ1) is 24.1. The van der Waals surface area contributed by atoms with Crippen LogP contribution >= 0.6 is 43.6 Å². The zero-order chi connectivity index (χ0) is 22.2. The third-order valence-corrected chi connectivity index (χ3v) is 6.63. The number of benzene rings is 2. The predicted octanol–water partition coefficient (Wildman–Crippen LogP) is 5.96. The second-order valence-corrected chi connectivity index (χ2v) is 9.34. The molecule has 1 heterocycles. The molecule has 2 aromatic carbocycles. The maximum Gasteiger partial charge on any atom is 0.188 e. The standard InChI is InChI=1S/C23H22Br2O5S/c1-27-13-29-21-5-3-15(9-19(21)24)7-17-11-31-12-18(23(17)26)8-16-4-6-22(20(25)10-16)30-14-28-2/h3-10H,11-14H2,1-2H3/b17-7+,18-8+. The summed E-state index contributed by atoms with van der Waals surface area (Å²) in [6.07, 6.45) is 3.87. The summed E-state index contributed by atoms with van der Waals surface area (Å²) in [7, 11) is 3.15. The first-order valence-corrected chi connectivity index (χ1v) is 12.1. The summed E-state index contributed by atoms with van der Waals surface area (Å²) in [6, 6.07) is 11.4. The van der Waals surface area contributed by atoms with E-state index in [1.807, 2.05) is 48.6 Å². The summed E-state index contributed by atoms with van der Waals surface area (Å²) >= 11 is 8.74.